The van der Waals surface area contributed by atoms with Gasteiger partial charge in [-0.05, 0) is 12.8 Å². The maximum Gasteiger partial charge on any atom is 0.329 e. The van der Waals surface area contributed by atoms with Crippen molar-refractivity contribution in [2.45, 2.75) is 44.1 Å². The summed E-state index contributed by atoms with van der Waals surface area (Å²) in [6, 6.07) is -0.474. The topological polar surface area (TPSA) is 95.9 Å². The number of hydrogen-bond acceptors (Lipinski definition) is 4. The standard InChI is InChI=1S/C13H22N2O5/c1-15(9-6-10(16)20-2)12(19)14-13(11(17)18)7-4-3-5-8-13/h3-9H2,1-2H3,(H,14,19)(H,17,18). The number of ether oxygens (including phenoxy) is 1. The minimum Gasteiger partial charge on any atom is -0.480 e. The summed E-state index contributed by atoms with van der Waals surface area (Å²) in [5, 5.41) is 12.0. The first-order valence-corrected chi connectivity index (χ1v) is 6.75. The molecule has 0 spiro atoms. The predicted molar refractivity (Wildman–Crippen MR) is 71.2 cm³/mol. The predicted octanol–water partition coefficient (Wildman–Crippen LogP) is 0.978. The SMILES string of the molecule is COC(=O)CCN(C)C(=O)NC1(C(=O)O)CCCCC1. The monoisotopic (exact) mass is 286 g/mol. The number of nitrogens with one attached hydrogen (secondary N) is 1. The smallest absolute Gasteiger partial charge is 0.329 e. The third-order valence-electron chi connectivity index (χ3n) is 3.69. The quantitative estimate of drug-likeness (QED) is 0.734. The van der Waals surface area contributed by atoms with Crippen LogP contribution < -0.4 is 5.32 Å². The number of carboxylic acids is 1. The van der Waals surface area contributed by atoms with Crippen LogP contribution in [0.25, 0.3) is 0 Å². The average Bonchev–Trinajstić information content (AvgIpc) is 2.44. The Hall–Kier alpha value is -1.79. The van der Waals surface area contributed by atoms with Crippen LogP contribution in [0.15, 0.2) is 0 Å². The molecular formula is C13H22N2O5. The van der Waals surface area contributed by atoms with Gasteiger partial charge in [-0.25, -0.2) is 9.59 Å². The van der Waals surface area contributed by atoms with Gasteiger partial charge in [-0.15, -0.1) is 0 Å². The van der Waals surface area contributed by atoms with Crippen molar-refractivity contribution in [3.63, 3.8) is 0 Å². The van der Waals surface area contributed by atoms with Crippen molar-refractivity contribution in [3.05, 3.63) is 0 Å². The van der Waals surface area contributed by atoms with Crippen LogP contribution >= 0.6 is 0 Å². The van der Waals surface area contributed by atoms with E-state index >= 15 is 0 Å². The minimum absolute atomic E-state index is 0.0838. The normalized spacial score (nSPS) is 17.1. The molecule has 1 fully saturated rings. The Labute approximate surface area is 118 Å². The Morgan fingerprint density at radius 3 is 2.35 bits per heavy atom. The van der Waals surface area contributed by atoms with Gasteiger partial charge in [-0.1, -0.05) is 19.3 Å². The summed E-state index contributed by atoms with van der Waals surface area (Å²) in [5.41, 5.74) is -1.17. The lowest BCUT2D eigenvalue weighted by Gasteiger charge is -2.35. The third-order valence-corrected chi connectivity index (χ3v) is 3.69. The zero-order chi connectivity index (χ0) is 15.2. The van der Waals surface area contributed by atoms with Crippen molar-refractivity contribution in [1.29, 1.82) is 0 Å². The fourth-order valence-electron chi connectivity index (χ4n) is 2.31. The van der Waals surface area contributed by atoms with Crippen molar-refractivity contribution >= 4 is 18.0 Å². The number of carbonyl (C=O) groups excluding carboxylic acids is 2. The zero-order valence-electron chi connectivity index (χ0n) is 12.0. The van der Waals surface area contributed by atoms with Gasteiger partial charge in [-0.2, -0.15) is 0 Å². The molecule has 0 bridgehead atoms. The molecule has 2 amide bonds. The molecular weight excluding hydrogens is 264 g/mol. The van der Waals surface area contributed by atoms with E-state index < -0.39 is 23.5 Å². The van der Waals surface area contributed by atoms with Crippen LogP contribution in [-0.2, 0) is 14.3 Å². The fraction of sp³-hybridized carbons (Fsp3) is 0.769. The molecule has 2 N–H and O–H groups in total. The van der Waals surface area contributed by atoms with Gasteiger partial charge in [-0.3, -0.25) is 4.79 Å². The van der Waals surface area contributed by atoms with E-state index in [-0.39, 0.29) is 13.0 Å². The van der Waals surface area contributed by atoms with E-state index in [1.54, 1.807) is 0 Å². The fourth-order valence-corrected chi connectivity index (χ4v) is 2.31. The van der Waals surface area contributed by atoms with E-state index in [9.17, 15) is 19.5 Å². The van der Waals surface area contributed by atoms with E-state index in [4.69, 9.17) is 0 Å². The van der Waals surface area contributed by atoms with Crippen molar-refractivity contribution in [2.75, 3.05) is 20.7 Å². The zero-order valence-corrected chi connectivity index (χ0v) is 12.0. The van der Waals surface area contributed by atoms with E-state index in [2.05, 4.69) is 10.1 Å². The summed E-state index contributed by atoms with van der Waals surface area (Å²) in [5.74, 6) is -1.40. The summed E-state index contributed by atoms with van der Waals surface area (Å²) >= 11 is 0. The first-order chi connectivity index (χ1) is 9.41. The lowest BCUT2D eigenvalue weighted by atomic mass is 9.82. The first-order valence-electron chi connectivity index (χ1n) is 6.75. The van der Waals surface area contributed by atoms with E-state index in [1.807, 2.05) is 0 Å². The maximum atomic E-state index is 12.0. The van der Waals surface area contributed by atoms with Gasteiger partial charge in [0.2, 0.25) is 0 Å². The Morgan fingerprint density at radius 2 is 1.85 bits per heavy atom. The number of rotatable bonds is 5. The van der Waals surface area contributed by atoms with Gasteiger partial charge in [0.05, 0.1) is 13.5 Å². The number of carbonyl (C=O) groups is 3. The molecule has 0 heterocycles. The van der Waals surface area contributed by atoms with Crippen molar-refractivity contribution in [2.24, 2.45) is 0 Å². The maximum absolute atomic E-state index is 12.0. The van der Waals surface area contributed by atoms with Crippen LogP contribution in [0.2, 0.25) is 0 Å². The molecule has 1 aliphatic rings. The molecule has 0 saturated heterocycles. The van der Waals surface area contributed by atoms with Gasteiger partial charge < -0.3 is 20.1 Å². The van der Waals surface area contributed by atoms with E-state index in [1.165, 1.54) is 19.1 Å². The van der Waals surface area contributed by atoms with Gasteiger partial charge in [0.15, 0.2) is 0 Å². The van der Waals surface area contributed by atoms with Gasteiger partial charge in [0, 0.05) is 13.6 Å². The lowest BCUT2D eigenvalue weighted by Crippen LogP contribution is -2.58. The molecule has 0 aromatic heterocycles. The molecule has 7 nitrogen and oxygen atoms in total. The summed E-state index contributed by atoms with van der Waals surface area (Å²) in [4.78, 5) is 35.8. The van der Waals surface area contributed by atoms with Crippen LogP contribution in [0.5, 0.6) is 0 Å². The number of methoxy groups -OCH3 is 1. The molecule has 1 saturated carbocycles. The van der Waals surface area contributed by atoms with Crippen LogP contribution in [0.1, 0.15) is 38.5 Å². The van der Waals surface area contributed by atoms with Gasteiger partial charge in [0.1, 0.15) is 5.54 Å². The van der Waals surface area contributed by atoms with Crippen molar-refractivity contribution in [3.8, 4) is 0 Å². The Morgan fingerprint density at radius 1 is 1.25 bits per heavy atom. The molecule has 0 aromatic rings. The molecule has 1 rings (SSSR count). The second-order valence-corrected chi connectivity index (χ2v) is 5.13. The highest BCUT2D eigenvalue weighted by molar-refractivity contribution is 5.86. The summed E-state index contributed by atoms with van der Waals surface area (Å²) in [7, 11) is 2.81. The van der Waals surface area contributed by atoms with Crippen LogP contribution in [0.4, 0.5) is 4.79 Å². The second kappa shape index (κ2) is 7.12. The molecule has 0 unspecified atom stereocenters. The lowest BCUT2D eigenvalue weighted by molar-refractivity contribution is -0.146. The summed E-state index contributed by atoms with van der Waals surface area (Å²) in [6.07, 6.45) is 3.54. The average molecular weight is 286 g/mol. The molecule has 0 aliphatic heterocycles. The number of amides is 2. The number of esters is 1. The largest absolute Gasteiger partial charge is 0.480 e. The van der Waals surface area contributed by atoms with Gasteiger partial charge >= 0.3 is 18.0 Å². The highest BCUT2D eigenvalue weighted by atomic mass is 16.5. The second-order valence-electron chi connectivity index (χ2n) is 5.13. The van der Waals surface area contributed by atoms with Crippen LogP contribution in [0, 0.1) is 0 Å². The Kier molecular flexibility index (Phi) is 5.79. The number of carboxylic acid groups (broad SMARTS) is 1. The Bertz CT molecular complexity index is 377. The summed E-state index contributed by atoms with van der Waals surface area (Å²) in [6.45, 7) is 0.189. The molecule has 114 valence electrons. The Balaban J connectivity index is 2.57. The first kappa shape index (κ1) is 16.3. The minimum atomic E-state index is -1.17. The number of urea groups is 1. The van der Waals surface area contributed by atoms with E-state index in [0.717, 1.165) is 19.3 Å². The van der Waals surface area contributed by atoms with Crippen molar-refractivity contribution in [1.82, 2.24) is 10.2 Å². The number of hydrogen-bond donors (Lipinski definition) is 2. The highest BCUT2D eigenvalue weighted by Gasteiger charge is 2.41. The molecule has 0 aromatic carbocycles. The van der Waals surface area contributed by atoms with E-state index in [0.29, 0.717) is 12.8 Å². The van der Waals surface area contributed by atoms with Gasteiger partial charge in [0.25, 0.3) is 0 Å². The molecule has 1 aliphatic carbocycles. The van der Waals surface area contributed by atoms with Crippen LogP contribution in [0.3, 0.4) is 0 Å². The highest BCUT2D eigenvalue weighted by Crippen LogP contribution is 2.28. The molecule has 0 atom stereocenters. The number of nitrogens with zero attached hydrogens (tertiary/aromatic N) is 1. The van der Waals surface area contributed by atoms with Crippen LogP contribution in [-0.4, -0.2) is 54.2 Å². The molecule has 0 radical (unpaired) electrons. The molecule has 7 heteroatoms. The number of aliphatic carboxylic acids is 1. The third kappa shape index (κ3) is 4.11. The summed E-state index contributed by atoms with van der Waals surface area (Å²) < 4.78 is 4.50. The molecule has 20 heavy (non-hydrogen) atoms. The van der Waals surface area contributed by atoms with Crippen molar-refractivity contribution < 1.29 is 24.2 Å².